The van der Waals surface area contributed by atoms with Gasteiger partial charge >= 0.3 is 5.97 Å². The maximum absolute atomic E-state index is 12.1. The zero-order valence-corrected chi connectivity index (χ0v) is 21.7. The van der Waals surface area contributed by atoms with Crippen molar-refractivity contribution < 1.29 is 14.3 Å². The van der Waals surface area contributed by atoms with Gasteiger partial charge in [-0.3, -0.25) is 4.79 Å². The molecule has 3 aromatic rings. The Morgan fingerprint density at radius 1 is 1.15 bits per heavy atom. The van der Waals surface area contributed by atoms with Crippen LogP contribution in [-0.4, -0.2) is 30.6 Å². The Morgan fingerprint density at radius 3 is 2.65 bits per heavy atom. The SMILES string of the molecule is CCOC(=O)C1CCN(c2cccc(-c3cccc(Cl)c3OCc3ccc(Br)cc3C)n2)CC1. The third-order valence-electron chi connectivity index (χ3n) is 6.09. The van der Waals surface area contributed by atoms with Crippen LogP contribution in [0.3, 0.4) is 0 Å². The number of benzene rings is 2. The summed E-state index contributed by atoms with van der Waals surface area (Å²) in [6.45, 7) is 6.28. The summed E-state index contributed by atoms with van der Waals surface area (Å²) < 4.78 is 12.5. The molecule has 0 radical (unpaired) electrons. The molecule has 0 bridgehead atoms. The second-order valence-corrected chi connectivity index (χ2v) is 9.69. The Morgan fingerprint density at radius 2 is 1.91 bits per heavy atom. The maximum Gasteiger partial charge on any atom is 0.309 e. The number of hydrogen-bond acceptors (Lipinski definition) is 5. The van der Waals surface area contributed by atoms with Crippen LogP contribution in [0.2, 0.25) is 5.02 Å². The van der Waals surface area contributed by atoms with E-state index in [0.717, 1.165) is 58.6 Å². The molecule has 0 saturated carbocycles. The fraction of sp³-hybridized carbons (Fsp3) is 0.333. The Labute approximate surface area is 214 Å². The average molecular weight is 544 g/mol. The first-order chi connectivity index (χ1) is 16.5. The molecular weight excluding hydrogens is 516 g/mol. The second-order valence-electron chi connectivity index (χ2n) is 8.37. The highest BCUT2D eigenvalue weighted by Gasteiger charge is 2.26. The lowest BCUT2D eigenvalue weighted by Gasteiger charge is -2.32. The molecule has 5 nitrogen and oxygen atoms in total. The van der Waals surface area contributed by atoms with Gasteiger partial charge in [-0.15, -0.1) is 0 Å². The number of hydrogen-bond donors (Lipinski definition) is 0. The van der Waals surface area contributed by atoms with Gasteiger partial charge in [0.2, 0.25) is 0 Å². The van der Waals surface area contributed by atoms with E-state index in [1.54, 1.807) is 0 Å². The van der Waals surface area contributed by atoms with Crippen LogP contribution >= 0.6 is 27.5 Å². The minimum absolute atomic E-state index is 0.0330. The van der Waals surface area contributed by atoms with Gasteiger partial charge in [0.1, 0.15) is 18.2 Å². The number of nitrogens with zero attached hydrogens (tertiary/aromatic N) is 2. The lowest BCUT2D eigenvalue weighted by Crippen LogP contribution is -2.37. The van der Waals surface area contributed by atoms with Crippen molar-refractivity contribution in [1.29, 1.82) is 0 Å². The quantitative estimate of drug-likeness (QED) is 0.306. The van der Waals surface area contributed by atoms with Crippen LogP contribution in [0.5, 0.6) is 5.75 Å². The summed E-state index contributed by atoms with van der Waals surface area (Å²) in [5.74, 6) is 1.38. The van der Waals surface area contributed by atoms with Crippen molar-refractivity contribution in [1.82, 2.24) is 4.98 Å². The van der Waals surface area contributed by atoms with Crippen LogP contribution < -0.4 is 9.64 Å². The zero-order valence-electron chi connectivity index (χ0n) is 19.4. The minimum atomic E-state index is -0.0920. The van der Waals surface area contributed by atoms with Gasteiger partial charge in [-0.2, -0.15) is 0 Å². The summed E-state index contributed by atoms with van der Waals surface area (Å²) >= 11 is 10.1. The van der Waals surface area contributed by atoms with Gasteiger partial charge < -0.3 is 14.4 Å². The van der Waals surface area contributed by atoms with E-state index in [1.807, 2.05) is 49.4 Å². The Bertz CT molecular complexity index is 1160. The van der Waals surface area contributed by atoms with E-state index in [2.05, 4.69) is 39.9 Å². The van der Waals surface area contributed by atoms with E-state index in [0.29, 0.717) is 24.0 Å². The number of rotatable bonds is 7. The molecule has 1 aliphatic heterocycles. The van der Waals surface area contributed by atoms with Gasteiger partial charge in [0.25, 0.3) is 0 Å². The standard InChI is InChI=1S/C27H28BrClN2O3/c1-3-33-27(32)19-12-14-31(15-13-19)25-9-5-8-24(30-25)22-6-4-7-23(29)26(22)34-17-20-10-11-21(28)16-18(20)2/h4-11,16,19H,3,12-15,17H2,1-2H3. The number of anilines is 1. The van der Waals surface area contributed by atoms with Gasteiger partial charge in [-0.05, 0) is 74.2 Å². The monoisotopic (exact) mass is 542 g/mol. The molecule has 34 heavy (non-hydrogen) atoms. The summed E-state index contributed by atoms with van der Waals surface area (Å²) in [5, 5.41) is 0.551. The van der Waals surface area contributed by atoms with Crippen LogP contribution in [0.4, 0.5) is 5.82 Å². The molecule has 0 atom stereocenters. The van der Waals surface area contributed by atoms with Crippen molar-refractivity contribution in [3.8, 4) is 17.0 Å². The van der Waals surface area contributed by atoms with Crippen LogP contribution in [0, 0.1) is 12.8 Å². The topological polar surface area (TPSA) is 51.7 Å². The molecule has 0 aliphatic carbocycles. The first kappa shape index (κ1) is 24.6. The van der Waals surface area contributed by atoms with E-state index in [9.17, 15) is 4.79 Å². The molecule has 0 N–H and O–H groups in total. The molecule has 0 unspecified atom stereocenters. The number of ether oxygens (including phenoxy) is 2. The number of halogens is 2. The first-order valence-corrected chi connectivity index (χ1v) is 12.7. The largest absolute Gasteiger partial charge is 0.487 e. The van der Waals surface area contributed by atoms with Crippen LogP contribution in [0.1, 0.15) is 30.9 Å². The summed E-state index contributed by atoms with van der Waals surface area (Å²) in [6.07, 6.45) is 1.53. The predicted octanol–water partition coefficient (Wildman–Crippen LogP) is 6.83. The van der Waals surface area contributed by atoms with Crippen molar-refractivity contribution in [2.45, 2.75) is 33.3 Å². The van der Waals surface area contributed by atoms with Crippen LogP contribution in [0.15, 0.2) is 59.1 Å². The number of carbonyl (C=O) groups is 1. The molecular formula is C27H28BrClN2O3. The number of pyridine rings is 1. The van der Waals surface area contributed by atoms with Gasteiger partial charge in [-0.1, -0.05) is 45.7 Å². The highest BCUT2D eigenvalue weighted by molar-refractivity contribution is 9.10. The van der Waals surface area contributed by atoms with Crippen LogP contribution in [-0.2, 0) is 16.1 Å². The summed E-state index contributed by atoms with van der Waals surface area (Å²) in [7, 11) is 0. The second kappa shape index (κ2) is 11.2. The Hall–Kier alpha value is -2.57. The number of aryl methyl sites for hydroxylation is 1. The minimum Gasteiger partial charge on any atom is -0.487 e. The third-order valence-corrected chi connectivity index (χ3v) is 6.88. The number of aromatic nitrogens is 1. The van der Waals surface area contributed by atoms with E-state index < -0.39 is 0 Å². The van der Waals surface area contributed by atoms with E-state index in [4.69, 9.17) is 26.1 Å². The van der Waals surface area contributed by atoms with Gasteiger partial charge in [-0.25, -0.2) is 4.98 Å². The molecule has 1 fully saturated rings. The fourth-order valence-electron chi connectivity index (χ4n) is 4.18. The van der Waals surface area contributed by atoms with Gasteiger partial charge in [0, 0.05) is 23.1 Å². The van der Waals surface area contributed by atoms with Crippen molar-refractivity contribution in [3.05, 3.63) is 75.2 Å². The summed E-state index contributed by atoms with van der Waals surface area (Å²) in [6, 6.07) is 17.8. The van der Waals surface area contributed by atoms with Crippen molar-refractivity contribution >= 4 is 39.3 Å². The molecule has 1 saturated heterocycles. The average Bonchev–Trinajstić information content (AvgIpc) is 2.84. The number of para-hydroxylation sites is 1. The zero-order chi connectivity index (χ0) is 24.1. The molecule has 7 heteroatoms. The highest BCUT2D eigenvalue weighted by atomic mass is 79.9. The molecule has 4 rings (SSSR count). The van der Waals surface area contributed by atoms with Crippen LogP contribution in [0.25, 0.3) is 11.3 Å². The van der Waals surface area contributed by atoms with Crippen molar-refractivity contribution in [3.63, 3.8) is 0 Å². The van der Waals surface area contributed by atoms with E-state index in [1.165, 1.54) is 0 Å². The molecule has 2 heterocycles. The lowest BCUT2D eigenvalue weighted by molar-refractivity contribution is -0.148. The number of carbonyl (C=O) groups excluding carboxylic acids is 1. The summed E-state index contributed by atoms with van der Waals surface area (Å²) in [4.78, 5) is 19.2. The molecule has 0 spiro atoms. The Balaban J connectivity index is 1.52. The lowest BCUT2D eigenvalue weighted by atomic mass is 9.97. The molecule has 178 valence electrons. The van der Waals surface area contributed by atoms with Gasteiger partial charge in [0.05, 0.1) is 23.2 Å². The predicted molar refractivity (Wildman–Crippen MR) is 139 cm³/mol. The van der Waals surface area contributed by atoms with E-state index in [-0.39, 0.29) is 11.9 Å². The Kier molecular flexibility index (Phi) is 8.11. The van der Waals surface area contributed by atoms with E-state index >= 15 is 0 Å². The molecule has 1 aliphatic rings. The van der Waals surface area contributed by atoms with Crippen molar-refractivity contribution in [2.75, 3.05) is 24.6 Å². The molecule has 0 amide bonds. The molecule has 2 aromatic carbocycles. The third kappa shape index (κ3) is 5.73. The smallest absolute Gasteiger partial charge is 0.309 e. The maximum atomic E-state index is 12.1. The van der Waals surface area contributed by atoms with Crippen molar-refractivity contribution in [2.24, 2.45) is 5.92 Å². The fourth-order valence-corrected chi connectivity index (χ4v) is 4.89. The summed E-state index contributed by atoms with van der Waals surface area (Å²) in [5.41, 5.74) is 3.90. The van der Waals surface area contributed by atoms with Gasteiger partial charge in [0.15, 0.2) is 0 Å². The highest BCUT2D eigenvalue weighted by Crippen LogP contribution is 2.37. The normalized spacial score (nSPS) is 14.2. The molecule has 1 aromatic heterocycles. The number of esters is 1. The first-order valence-electron chi connectivity index (χ1n) is 11.5. The number of piperidine rings is 1.